The first-order valence-electron chi connectivity index (χ1n) is 9.59. The number of aromatic nitrogens is 3. The van der Waals surface area contributed by atoms with Gasteiger partial charge in [0, 0.05) is 19.0 Å². The van der Waals surface area contributed by atoms with E-state index in [1.807, 2.05) is 11.0 Å². The second-order valence-electron chi connectivity index (χ2n) is 7.37. The van der Waals surface area contributed by atoms with Crippen LogP contribution in [0.4, 0.5) is 4.39 Å². The molecule has 1 fully saturated rings. The van der Waals surface area contributed by atoms with Crippen molar-refractivity contribution >= 4 is 5.91 Å². The van der Waals surface area contributed by atoms with Gasteiger partial charge in [0.25, 0.3) is 5.91 Å². The summed E-state index contributed by atoms with van der Waals surface area (Å²) in [4.78, 5) is 14.8. The van der Waals surface area contributed by atoms with Gasteiger partial charge in [-0.25, -0.2) is 9.07 Å². The lowest BCUT2D eigenvalue weighted by Crippen LogP contribution is -2.39. The Labute approximate surface area is 163 Å². The van der Waals surface area contributed by atoms with Crippen molar-refractivity contribution in [2.45, 2.75) is 32.2 Å². The van der Waals surface area contributed by atoms with Gasteiger partial charge >= 0.3 is 0 Å². The molecule has 1 aliphatic rings. The van der Waals surface area contributed by atoms with E-state index in [0.717, 1.165) is 24.9 Å². The van der Waals surface area contributed by atoms with Gasteiger partial charge in [0.1, 0.15) is 5.82 Å². The van der Waals surface area contributed by atoms with Gasteiger partial charge in [-0.15, -0.1) is 5.10 Å². The van der Waals surface area contributed by atoms with Crippen LogP contribution in [0.1, 0.15) is 45.9 Å². The van der Waals surface area contributed by atoms with E-state index in [1.165, 1.54) is 23.3 Å². The molecule has 0 aliphatic carbocycles. The third-order valence-corrected chi connectivity index (χ3v) is 5.35. The van der Waals surface area contributed by atoms with Crippen molar-refractivity contribution < 1.29 is 9.18 Å². The van der Waals surface area contributed by atoms with Gasteiger partial charge in [0.2, 0.25) is 0 Å². The lowest BCUT2D eigenvalue weighted by Gasteiger charge is -2.33. The number of piperidine rings is 1. The number of benzene rings is 2. The molecule has 0 spiro atoms. The lowest BCUT2D eigenvalue weighted by molar-refractivity contribution is 0.0700. The van der Waals surface area contributed by atoms with Crippen LogP contribution in [-0.4, -0.2) is 38.9 Å². The fourth-order valence-electron chi connectivity index (χ4n) is 3.87. The number of carbonyl (C=O) groups excluding carboxylic acids is 1. The summed E-state index contributed by atoms with van der Waals surface area (Å²) in [5, 5.41) is 8.13. The zero-order chi connectivity index (χ0) is 19.5. The van der Waals surface area contributed by atoms with Gasteiger partial charge in [-0.3, -0.25) is 4.79 Å². The number of halogens is 1. The van der Waals surface area contributed by atoms with E-state index in [-0.39, 0.29) is 11.7 Å². The molecule has 1 amide bonds. The van der Waals surface area contributed by atoms with E-state index in [9.17, 15) is 9.18 Å². The molecule has 28 heavy (non-hydrogen) atoms. The fraction of sp³-hybridized carbons (Fsp3) is 0.318. The summed E-state index contributed by atoms with van der Waals surface area (Å²) in [6.45, 7) is 4.02. The molecule has 1 atom stereocenters. The van der Waals surface area contributed by atoms with Crippen molar-refractivity contribution in [3.63, 3.8) is 0 Å². The summed E-state index contributed by atoms with van der Waals surface area (Å²) >= 11 is 0. The molecule has 1 aliphatic heterocycles. The highest BCUT2D eigenvalue weighted by molar-refractivity contribution is 5.92. The normalized spacial score (nSPS) is 16.9. The molecule has 3 aromatic rings. The van der Waals surface area contributed by atoms with Gasteiger partial charge in [0.15, 0.2) is 5.69 Å². The number of aryl methyl sites for hydroxylation is 1. The van der Waals surface area contributed by atoms with Crippen LogP contribution in [0, 0.1) is 12.7 Å². The fourth-order valence-corrected chi connectivity index (χ4v) is 3.87. The predicted molar refractivity (Wildman–Crippen MR) is 105 cm³/mol. The molecule has 6 heteroatoms. The topological polar surface area (TPSA) is 51.0 Å². The maximum Gasteiger partial charge on any atom is 0.276 e. The van der Waals surface area contributed by atoms with Crippen LogP contribution >= 0.6 is 0 Å². The van der Waals surface area contributed by atoms with Crippen LogP contribution in [-0.2, 0) is 6.54 Å². The summed E-state index contributed by atoms with van der Waals surface area (Å²) < 4.78 is 14.6. The largest absolute Gasteiger partial charge is 0.337 e. The molecule has 0 saturated carbocycles. The Bertz CT molecular complexity index is 967. The van der Waals surface area contributed by atoms with Crippen molar-refractivity contribution in [2.75, 3.05) is 13.1 Å². The Hall–Kier alpha value is -3.02. The number of hydrogen-bond donors (Lipinski definition) is 0. The van der Waals surface area contributed by atoms with Crippen molar-refractivity contribution in [1.29, 1.82) is 0 Å². The minimum atomic E-state index is -0.272. The summed E-state index contributed by atoms with van der Waals surface area (Å²) in [5.41, 5.74) is 3.85. The van der Waals surface area contributed by atoms with Crippen LogP contribution in [0.25, 0.3) is 0 Å². The van der Waals surface area contributed by atoms with Crippen molar-refractivity contribution in [1.82, 2.24) is 19.9 Å². The van der Waals surface area contributed by atoms with E-state index in [0.29, 0.717) is 24.7 Å². The molecular weight excluding hydrogens is 355 g/mol. The zero-order valence-corrected chi connectivity index (χ0v) is 15.9. The van der Waals surface area contributed by atoms with Crippen molar-refractivity contribution in [3.05, 3.63) is 82.9 Å². The number of likely N-dealkylation sites (tertiary alicyclic amines) is 1. The van der Waals surface area contributed by atoms with E-state index < -0.39 is 0 Å². The van der Waals surface area contributed by atoms with Crippen molar-refractivity contribution in [3.8, 4) is 0 Å². The van der Waals surface area contributed by atoms with Crippen LogP contribution in [0.5, 0.6) is 0 Å². The van der Waals surface area contributed by atoms with E-state index >= 15 is 0 Å². The van der Waals surface area contributed by atoms with Crippen molar-refractivity contribution in [2.24, 2.45) is 0 Å². The number of hydrogen-bond acceptors (Lipinski definition) is 3. The molecule has 0 N–H and O–H groups in total. The standard InChI is InChI=1S/C22H23FN4O/c1-16-5-2-3-7-20(16)18-6-4-12-26(14-18)22(28)21-15-27(25-24-21)13-17-8-10-19(23)11-9-17/h2-3,5,7-11,15,18H,4,6,12-14H2,1H3. The van der Waals surface area contributed by atoms with E-state index in [1.54, 1.807) is 23.0 Å². The second kappa shape index (κ2) is 7.92. The number of amides is 1. The second-order valence-corrected chi connectivity index (χ2v) is 7.37. The first kappa shape index (κ1) is 18.3. The number of nitrogens with zero attached hydrogens (tertiary/aromatic N) is 4. The van der Waals surface area contributed by atoms with Crippen LogP contribution in [0.2, 0.25) is 0 Å². The highest BCUT2D eigenvalue weighted by Gasteiger charge is 2.27. The van der Waals surface area contributed by atoms with Gasteiger partial charge in [-0.1, -0.05) is 41.6 Å². The first-order valence-corrected chi connectivity index (χ1v) is 9.59. The molecular formula is C22H23FN4O. The van der Waals surface area contributed by atoms with E-state index in [2.05, 4.69) is 35.4 Å². The monoisotopic (exact) mass is 378 g/mol. The minimum absolute atomic E-state index is 0.0800. The third kappa shape index (κ3) is 3.96. The quantitative estimate of drug-likeness (QED) is 0.694. The van der Waals surface area contributed by atoms with Gasteiger partial charge in [-0.05, 0) is 48.6 Å². The molecule has 2 heterocycles. The maximum absolute atomic E-state index is 13.0. The Morgan fingerprint density at radius 1 is 1.18 bits per heavy atom. The average Bonchev–Trinajstić information content (AvgIpc) is 3.18. The smallest absolute Gasteiger partial charge is 0.276 e. The molecule has 4 rings (SSSR count). The molecule has 1 unspecified atom stereocenters. The lowest BCUT2D eigenvalue weighted by atomic mass is 9.88. The Morgan fingerprint density at radius 3 is 2.75 bits per heavy atom. The molecule has 144 valence electrons. The Balaban J connectivity index is 1.45. The predicted octanol–water partition coefficient (Wildman–Crippen LogP) is 3.79. The van der Waals surface area contributed by atoms with Gasteiger partial charge in [-0.2, -0.15) is 0 Å². The molecule has 5 nitrogen and oxygen atoms in total. The summed E-state index contributed by atoms with van der Waals surface area (Å²) in [6, 6.07) is 14.6. The van der Waals surface area contributed by atoms with Gasteiger partial charge < -0.3 is 4.90 Å². The molecule has 0 bridgehead atoms. The van der Waals surface area contributed by atoms with Crippen LogP contribution in [0.3, 0.4) is 0 Å². The summed E-state index contributed by atoms with van der Waals surface area (Å²) in [7, 11) is 0. The number of rotatable bonds is 4. The van der Waals surface area contributed by atoms with Gasteiger partial charge in [0.05, 0.1) is 12.7 Å². The summed E-state index contributed by atoms with van der Waals surface area (Å²) in [5.74, 6) is 0.00307. The third-order valence-electron chi connectivity index (χ3n) is 5.35. The first-order chi connectivity index (χ1) is 13.6. The molecule has 1 aromatic heterocycles. The maximum atomic E-state index is 13.0. The van der Waals surface area contributed by atoms with E-state index in [4.69, 9.17) is 0 Å². The highest BCUT2D eigenvalue weighted by atomic mass is 19.1. The Kier molecular flexibility index (Phi) is 5.19. The highest BCUT2D eigenvalue weighted by Crippen LogP contribution is 2.29. The molecule has 1 saturated heterocycles. The average molecular weight is 378 g/mol. The zero-order valence-electron chi connectivity index (χ0n) is 15.9. The summed E-state index contributed by atoms with van der Waals surface area (Å²) in [6.07, 6.45) is 3.74. The minimum Gasteiger partial charge on any atom is -0.337 e. The number of carbonyl (C=O) groups is 1. The Morgan fingerprint density at radius 2 is 1.96 bits per heavy atom. The van der Waals surface area contributed by atoms with Crippen LogP contribution < -0.4 is 0 Å². The SMILES string of the molecule is Cc1ccccc1C1CCCN(C(=O)c2cn(Cc3ccc(F)cc3)nn2)C1. The van der Waals surface area contributed by atoms with Crippen LogP contribution in [0.15, 0.2) is 54.7 Å². The molecule has 0 radical (unpaired) electrons. The molecule has 2 aromatic carbocycles.